The third-order valence-electron chi connectivity index (χ3n) is 2.50. The van der Waals surface area contributed by atoms with Crippen LogP contribution in [0.3, 0.4) is 0 Å². The number of hydrogen-bond acceptors (Lipinski definition) is 4. The Morgan fingerprint density at radius 1 is 1.35 bits per heavy atom. The average Bonchev–Trinajstić information content (AvgIpc) is 2.32. The number of nitrogens with zero attached hydrogens (tertiary/aromatic N) is 2. The fraction of sp³-hybridized carbons (Fsp3) is 0.167. The second kappa shape index (κ2) is 4.88. The van der Waals surface area contributed by atoms with Gasteiger partial charge in [0.05, 0.1) is 12.3 Å². The van der Waals surface area contributed by atoms with Crippen LogP contribution < -0.4 is 5.73 Å². The lowest BCUT2D eigenvalue weighted by Gasteiger charge is -2.12. The van der Waals surface area contributed by atoms with Crippen LogP contribution in [0, 0.1) is 5.82 Å². The number of aliphatic hydroxyl groups excluding tert-OH is 1. The lowest BCUT2D eigenvalue weighted by atomic mass is 10.0. The van der Waals surface area contributed by atoms with Gasteiger partial charge < -0.3 is 10.8 Å². The molecule has 0 aliphatic heterocycles. The summed E-state index contributed by atoms with van der Waals surface area (Å²) in [6.45, 7) is 0. The van der Waals surface area contributed by atoms with Crippen molar-refractivity contribution in [2.24, 2.45) is 0 Å². The first kappa shape index (κ1) is 11.5. The van der Waals surface area contributed by atoms with Crippen LogP contribution in [0.2, 0.25) is 0 Å². The highest BCUT2D eigenvalue weighted by Gasteiger charge is 2.14. The molecule has 0 aromatic carbocycles. The molecule has 0 aliphatic carbocycles. The van der Waals surface area contributed by atoms with Crippen molar-refractivity contribution in [3.63, 3.8) is 0 Å². The molecule has 4 nitrogen and oxygen atoms in total. The Hall–Kier alpha value is -2.01. The number of aromatic nitrogens is 2. The van der Waals surface area contributed by atoms with Crippen molar-refractivity contribution in [1.82, 2.24) is 9.97 Å². The summed E-state index contributed by atoms with van der Waals surface area (Å²) < 4.78 is 13.4. The second-order valence-electron chi connectivity index (χ2n) is 3.66. The second-order valence-corrected chi connectivity index (χ2v) is 3.66. The molecule has 2 aromatic heterocycles. The van der Waals surface area contributed by atoms with Crippen LogP contribution in [0.5, 0.6) is 0 Å². The Balaban J connectivity index is 2.20. The number of pyridine rings is 2. The van der Waals surface area contributed by atoms with E-state index < -0.39 is 11.9 Å². The van der Waals surface area contributed by atoms with Gasteiger partial charge in [0, 0.05) is 24.4 Å². The molecule has 2 rings (SSSR count). The first-order chi connectivity index (χ1) is 8.18. The smallest absolute Gasteiger partial charge is 0.147 e. The monoisotopic (exact) mass is 233 g/mol. The molecular formula is C12H12FN3O. The largest absolute Gasteiger partial charge is 0.388 e. The minimum atomic E-state index is -0.954. The third-order valence-corrected chi connectivity index (χ3v) is 2.50. The van der Waals surface area contributed by atoms with Crippen LogP contribution in [0.25, 0.3) is 0 Å². The molecular weight excluding hydrogens is 221 g/mol. The molecule has 0 aliphatic rings. The SMILES string of the molecule is Nc1ncccc1CC(O)c1ccncc1F. The molecule has 2 heterocycles. The van der Waals surface area contributed by atoms with Crippen LogP contribution in [0.1, 0.15) is 17.2 Å². The van der Waals surface area contributed by atoms with Gasteiger partial charge in [0.15, 0.2) is 0 Å². The molecule has 0 amide bonds. The van der Waals surface area contributed by atoms with Crippen LogP contribution >= 0.6 is 0 Å². The van der Waals surface area contributed by atoms with Crippen molar-refractivity contribution in [3.8, 4) is 0 Å². The standard InChI is InChI=1S/C12H12FN3O/c13-10-7-15-5-3-9(10)11(17)6-8-2-1-4-16-12(8)14/h1-5,7,11,17H,6H2,(H2,14,16). The van der Waals surface area contributed by atoms with Crippen molar-refractivity contribution < 1.29 is 9.50 Å². The highest BCUT2D eigenvalue weighted by Crippen LogP contribution is 2.22. The Morgan fingerprint density at radius 2 is 2.18 bits per heavy atom. The van der Waals surface area contributed by atoms with Gasteiger partial charge in [0.1, 0.15) is 11.6 Å². The summed E-state index contributed by atoms with van der Waals surface area (Å²) in [5.41, 5.74) is 6.56. The van der Waals surface area contributed by atoms with Crippen LogP contribution in [-0.2, 0) is 6.42 Å². The maximum atomic E-state index is 13.4. The number of anilines is 1. The fourth-order valence-corrected chi connectivity index (χ4v) is 1.60. The summed E-state index contributed by atoms with van der Waals surface area (Å²) >= 11 is 0. The average molecular weight is 233 g/mol. The van der Waals surface area contributed by atoms with Crippen LogP contribution in [0.4, 0.5) is 10.2 Å². The zero-order chi connectivity index (χ0) is 12.3. The van der Waals surface area contributed by atoms with E-state index in [2.05, 4.69) is 9.97 Å². The zero-order valence-electron chi connectivity index (χ0n) is 9.05. The summed E-state index contributed by atoms with van der Waals surface area (Å²) in [5, 5.41) is 9.93. The van der Waals surface area contributed by atoms with Gasteiger partial charge in [-0.05, 0) is 17.7 Å². The van der Waals surface area contributed by atoms with E-state index in [4.69, 9.17) is 5.73 Å². The summed E-state index contributed by atoms with van der Waals surface area (Å²) in [5.74, 6) is -0.177. The van der Waals surface area contributed by atoms with Gasteiger partial charge in [-0.25, -0.2) is 9.37 Å². The van der Waals surface area contributed by atoms with Crippen molar-refractivity contribution in [2.75, 3.05) is 5.73 Å². The van der Waals surface area contributed by atoms with Crippen molar-refractivity contribution in [1.29, 1.82) is 0 Å². The van der Waals surface area contributed by atoms with Crippen LogP contribution in [-0.4, -0.2) is 15.1 Å². The highest BCUT2D eigenvalue weighted by atomic mass is 19.1. The van der Waals surface area contributed by atoms with Crippen molar-refractivity contribution in [2.45, 2.75) is 12.5 Å². The van der Waals surface area contributed by atoms with E-state index in [0.717, 1.165) is 6.20 Å². The maximum absolute atomic E-state index is 13.4. The highest BCUT2D eigenvalue weighted by molar-refractivity contribution is 5.39. The number of rotatable bonds is 3. The van der Waals surface area contributed by atoms with Crippen LogP contribution in [0.15, 0.2) is 36.8 Å². The predicted octanol–water partition coefficient (Wildman–Crippen LogP) is 1.47. The quantitative estimate of drug-likeness (QED) is 0.842. The molecule has 1 unspecified atom stereocenters. The molecule has 17 heavy (non-hydrogen) atoms. The van der Waals surface area contributed by atoms with E-state index in [0.29, 0.717) is 11.4 Å². The van der Waals surface area contributed by atoms with Gasteiger partial charge in [0.2, 0.25) is 0 Å². The van der Waals surface area contributed by atoms with Gasteiger partial charge in [-0.15, -0.1) is 0 Å². The Kier molecular flexibility index (Phi) is 3.30. The van der Waals surface area contributed by atoms with E-state index in [1.54, 1.807) is 18.3 Å². The first-order valence-electron chi connectivity index (χ1n) is 5.15. The first-order valence-corrected chi connectivity index (χ1v) is 5.15. The minimum Gasteiger partial charge on any atom is -0.388 e. The number of nitrogens with two attached hydrogens (primary N) is 1. The number of hydrogen-bond donors (Lipinski definition) is 2. The maximum Gasteiger partial charge on any atom is 0.147 e. The van der Waals surface area contributed by atoms with Gasteiger partial charge >= 0.3 is 0 Å². The van der Waals surface area contributed by atoms with Crippen molar-refractivity contribution >= 4 is 5.82 Å². The molecule has 0 radical (unpaired) electrons. The van der Waals surface area contributed by atoms with Gasteiger partial charge in [0.25, 0.3) is 0 Å². The normalized spacial score (nSPS) is 12.4. The molecule has 88 valence electrons. The summed E-state index contributed by atoms with van der Waals surface area (Å²) in [6.07, 6.45) is 3.35. The molecule has 1 atom stereocenters. The molecule has 0 fully saturated rings. The fourth-order valence-electron chi connectivity index (χ4n) is 1.60. The van der Waals surface area contributed by atoms with Gasteiger partial charge in [-0.1, -0.05) is 6.07 Å². The third kappa shape index (κ3) is 2.57. The molecule has 2 aromatic rings. The van der Waals surface area contributed by atoms with Crippen molar-refractivity contribution in [3.05, 3.63) is 53.7 Å². The topological polar surface area (TPSA) is 72.0 Å². The summed E-state index contributed by atoms with van der Waals surface area (Å²) in [4.78, 5) is 7.54. The molecule has 0 bridgehead atoms. The minimum absolute atomic E-state index is 0.211. The van der Waals surface area contributed by atoms with E-state index >= 15 is 0 Å². The Morgan fingerprint density at radius 3 is 2.88 bits per heavy atom. The lowest BCUT2D eigenvalue weighted by molar-refractivity contribution is 0.173. The van der Waals surface area contributed by atoms with E-state index in [-0.39, 0.29) is 12.0 Å². The molecule has 5 heteroatoms. The Bertz CT molecular complexity index is 519. The van der Waals surface area contributed by atoms with Gasteiger partial charge in [-0.3, -0.25) is 4.98 Å². The van der Waals surface area contributed by atoms with Gasteiger partial charge in [-0.2, -0.15) is 0 Å². The van der Waals surface area contributed by atoms with E-state index in [1.165, 1.54) is 12.3 Å². The predicted molar refractivity (Wildman–Crippen MR) is 61.5 cm³/mol. The molecule has 0 spiro atoms. The number of nitrogen functional groups attached to an aromatic ring is 1. The Labute approximate surface area is 98.0 Å². The lowest BCUT2D eigenvalue weighted by Crippen LogP contribution is -2.07. The molecule has 0 saturated heterocycles. The number of halogens is 1. The zero-order valence-corrected chi connectivity index (χ0v) is 9.05. The van der Waals surface area contributed by atoms with E-state index in [9.17, 15) is 9.50 Å². The molecule has 3 N–H and O–H groups in total. The molecule has 0 saturated carbocycles. The number of aliphatic hydroxyl groups is 1. The summed E-state index contributed by atoms with van der Waals surface area (Å²) in [7, 11) is 0. The summed E-state index contributed by atoms with van der Waals surface area (Å²) in [6, 6.07) is 4.93. The van der Waals surface area contributed by atoms with E-state index in [1.807, 2.05) is 0 Å².